The zero-order chi connectivity index (χ0) is 19.2. The van der Waals surface area contributed by atoms with E-state index in [4.69, 9.17) is 0 Å². The number of amides is 1. The van der Waals surface area contributed by atoms with Crippen LogP contribution in [0.3, 0.4) is 0 Å². The summed E-state index contributed by atoms with van der Waals surface area (Å²) in [6.07, 6.45) is -5.07. The molecule has 0 aliphatic carbocycles. The molecule has 138 valence electrons. The Morgan fingerprint density at radius 1 is 0.962 bits per heavy atom. The third-order valence-electron chi connectivity index (χ3n) is 3.42. The molecule has 0 bridgehead atoms. The highest BCUT2D eigenvalue weighted by atomic mass is 19.4. The van der Waals surface area contributed by atoms with Crippen molar-refractivity contribution in [3.63, 3.8) is 0 Å². The van der Waals surface area contributed by atoms with E-state index < -0.39 is 23.8 Å². The molecule has 8 heteroatoms. The number of carbonyl (C=O) groups is 2. The van der Waals surface area contributed by atoms with Crippen LogP contribution in [0.25, 0.3) is 0 Å². The van der Waals surface area contributed by atoms with Gasteiger partial charge in [-0.1, -0.05) is 18.2 Å². The number of para-hydroxylation sites is 1. The van der Waals surface area contributed by atoms with Gasteiger partial charge in [0.15, 0.2) is 5.78 Å². The summed E-state index contributed by atoms with van der Waals surface area (Å²) in [7, 11) is 0. The maximum absolute atomic E-state index is 12.8. The molecule has 4 nitrogen and oxygen atoms in total. The summed E-state index contributed by atoms with van der Waals surface area (Å²) in [6.45, 7) is -0.171. The van der Waals surface area contributed by atoms with Gasteiger partial charge >= 0.3 is 6.36 Å². The van der Waals surface area contributed by atoms with Gasteiger partial charge in [-0.25, -0.2) is 4.39 Å². The molecule has 1 N–H and O–H groups in total. The molecule has 0 aliphatic rings. The van der Waals surface area contributed by atoms with Gasteiger partial charge in [-0.15, -0.1) is 13.2 Å². The lowest BCUT2D eigenvalue weighted by atomic mass is 10.1. The molecule has 2 rings (SSSR count). The first-order valence-electron chi connectivity index (χ1n) is 7.64. The SMILES string of the molecule is O=C(CCC(=O)c1ccc(F)cc1)NCc1ccccc1OC(F)(F)F. The van der Waals surface area contributed by atoms with Gasteiger partial charge in [0.05, 0.1) is 0 Å². The molecular formula is C18H15F4NO3. The highest BCUT2D eigenvalue weighted by molar-refractivity contribution is 5.97. The lowest BCUT2D eigenvalue weighted by molar-refractivity contribution is -0.274. The summed E-state index contributed by atoms with van der Waals surface area (Å²) >= 11 is 0. The quantitative estimate of drug-likeness (QED) is 0.593. The first-order chi connectivity index (χ1) is 12.2. The van der Waals surface area contributed by atoms with Gasteiger partial charge in [0, 0.05) is 30.5 Å². The number of hydrogen-bond donors (Lipinski definition) is 1. The molecule has 0 heterocycles. The number of carbonyl (C=O) groups excluding carboxylic acids is 2. The fourth-order valence-corrected chi connectivity index (χ4v) is 2.16. The second-order valence-electron chi connectivity index (χ2n) is 5.36. The molecule has 0 aliphatic heterocycles. The van der Waals surface area contributed by atoms with E-state index in [9.17, 15) is 27.2 Å². The lowest BCUT2D eigenvalue weighted by Gasteiger charge is -2.13. The van der Waals surface area contributed by atoms with Crippen LogP contribution in [0, 0.1) is 5.82 Å². The topological polar surface area (TPSA) is 55.4 Å². The third-order valence-corrected chi connectivity index (χ3v) is 3.42. The van der Waals surface area contributed by atoms with Crippen LogP contribution >= 0.6 is 0 Å². The normalized spacial score (nSPS) is 11.1. The van der Waals surface area contributed by atoms with E-state index in [1.807, 2.05) is 0 Å². The molecule has 0 saturated heterocycles. The smallest absolute Gasteiger partial charge is 0.405 e. The van der Waals surface area contributed by atoms with Crippen molar-refractivity contribution in [1.29, 1.82) is 0 Å². The van der Waals surface area contributed by atoms with Gasteiger partial charge in [-0.05, 0) is 30.3 Å². The van der Waals surface area contributed by atoms with Crippen LogP contribution in [0.15, 0.2) is 48.5 Å². The van der Waals surface area contributed by atoms with Gasteiger partial charge in [0.2, 0.25) is 5.91 Å². The molecule has 2 aromatic carbocycles. The highest BCUT2D eigenvalue weighted by Gasteiger charge is 2.31. The lowest BCUT2D eigenvalue weighted by Crippen LogP contribution is -2.24. The Morgan fingerprint density at radius 3 is 2.27 bits per heavy atom. The first-order valence-corrected chi connectivity index (χ1v) is 7.64. The van der Waals surface area contributed by atoms with E-state index >= 15 is 0 Å². The Morgan fingerprint density at radius 2 is 1.62 bits per heavy atom. The molecule has 0 aromatic heterocycles. The summed E-state index contributed by atoms with van der Waals surface area (Å²) in [5.74, 6) is -1.70. The maximum atomic E-state index is 12.8. The Balaban J connectivity index is 1.85. The van der Waals surface area contributed by atoms with Crippen molar-refractivity contribution in [3.05, 3.63) is 65.5 Å². The summed E-state index contributed by atoms with van der Waals surface area (Å²) in [6, 6.07) is 10.4. The Hall–Kier alpha value is -2.90. The van der Waals surface area contributed by atoms with Gasteiger partial charge in [0.25, 0.3) is 0 Å². The number of Topliss-reactive ketones (excluding diaryl/α,β-unsaturated/α-hetero) is 1. The fraction of sp³-hybridized carbons (Fsp3) is 0.222. The number of hydrogen-bond acceptors (Lipinski definition) is 3. The van der Waals surface area contributed by atoms with Crippen molar-refractivity contribution < 1.29 is 31.9 Å². The van der Waals surface area contributed by atoms with Gasteiger partial charge < -0.3 is 10.1 Å². The van der Waals surface area contributed by atoms with E-state index in [1.165, 1.54) is 30.3 Å². The summed E-state index contributed by atoms with van der Waals surface area (Å²) in [4.78, 5) is 23.7. The van der Waals surface area contributed by atoms with Crippen molar-refractivity contribution in [2.75, 3.05) is 0 Å². The molecule has 0 atom stereocenters. The largest absolute Gasteiger partial charge is 0.573 e. The van der Waals surface area contributed by atoms with Crippen LogP contribution in [0.1, 0.15) is 28.8 Å². The van der Waals surface area contributed by atoms with Crippen molar-refractivity contribution >= 4 is 11.7 Å². The number of nitrogens with one attached hydrogen (secondary N) is 1. The van der Waals surface area contributed by atoms with Crippen LogP contribution in [0.2, 0.25) is 0 Å². The average molecular weight is 369 g/mol. The third kappa shape index (κ3) is 6.19. The second-order valence-corrected chi connectivity index (χ2v) is 5.36. The van der Waals surface area contributed by atoms with Gasteiger partial charge in [-0.3, -0.25) is 9.59 Å². The standard InChI is InChI=1S/C18H15F4NO3/c19-14-7-5-12(6-8-14)15(24)9-10-17(25)23-11-13-3-1-2-4-16(13)26-18(20,21)22/h1-8H,9-11H2,(H,23,25). The van der Waals surface area contributed by atoms with E-state index in [2.05, 4.69) is 10.1 Å². The summed E-state index contributed by atoms with van der Waals surface area (Å²) in [5.41, 5.74) is 0.436. The summed E-state index contributed by atoms with van der Waals surface area (Å²) in [5, 5.41) is 2.44. The molecular weight excluding hydrogens is 354 g/mol. The molecule has 0 spiro atoms. The van der Waals surface area contributed by atoms with E-state index in [1.54, 1.807) is 0 Å². The molecule has 26 heavy (non-hydrogen) atoms. The molecule has 0 radical (unpaired) electrons. The van der Waals surface area contributed by atoms with Gasteiger partial charge in [-0.2, -0.15) is 0 Å². The highest BCUT2D eigenvalue weighted by Crippen LogP contribution is 2.26. The van der Waals surface area contributed by atoms with E-state index in [-0.39, 0.29) is 36.3 Å². The first kappa shape index (κ1) is 19.4. The molecule has 1 amide bonds. The van der Waals surface area contributed by atoms with E-state index in [0.717, 1.165) is 18.2 Å². The number of ether oxygens (including phenoxy) is 1. The monoisotopic (exact) mass is 369 g/mol. The van der Waals surface area contributed by atoms with Crippen LogP contribution in [0.4, 0.5) is 17.6 Å². The Kier molecular flexibility index (Phi) is 6.32. The number of rotatable bonds is 7. The van der Waals surface area contributed by atoms with Crippen molar-refractivity contribution in [2.24, 2.45) is 0 Å². The average Bonchev–Trinajstić information content (AvgIpc) is 2.58. The minimum absolute atomic E-state index is 0.0990. The van der Waals surface area contributed by atoms with Crippen LogP contribution < -0.4 is 10.1 Å². The maximum Gasteiger partial charge on any atom is 0.573 e. The Labute approximate surface area is 146 Å². The van der Waals surface area contributed by atoms with Gasteiger partial charge in [0.1, 0.15) is 11.6 Å². The number of benzene rings is 2. The summed E-state index contributed by atoms with van der Waals surface area (Å²) < 4.78 is 53.7. The minimum Gasteiger partial charge on any atom is -0.405 e. The predicted molar refractivity (Wildman–Crippen MR) is 84.9 cm³/mol. The predicted octanol–water partition coefficient (Wildman–Crippen LogP) is 4.00. The minimum atomic E-state index is -4.83. The van der Waals surface area contributed by atoms with Crippen LogP contribution in [-0.4, -0.2) is 18.1 Å². The molecule has 0 fully saturated rings. The molecule has 0 saturated carbocycles. The van der Waals surface area contributed by atoms with Crippen LogP contribution in [0.5, 0.6) is 5.75 Å². The fourth-order valence-electron chi connectivity index (χ4n) is 2.16. The number of ketones is 1. The number of alkyl halides is 3. The van der Waals surface area contributed by atoms with Crippen molar-refractivity contribution in [1.82, 2.24) is 5.32 Å². The zero-order valence-corrected chi connectivity index (χ0v) is 13.5. The van der Waals surface area contributed by atoms with E-state index in [0.29, 0.717) is 0 Å². The zero-order valence-electron chi connectivity index (χ0n) is 13.5. The molecule has 2 aromatic rings. The van der Waals surface area contributed by atoms with Crippen LogP contribution in [-0.2, 0) is 11.3 Å². The second kappa shape index (κ2) is 8.46. The number of halogens is 4. The van der Waals surface area contributed by atoms with Crippen molar-refractivity contribution in [2.45, 2.75) is 25.7 Å². The molecule has 0 unspecified atom stereocenters. The van der Waals surface area contributed by atoms with Crippen molar-refractivity contribution in [3.8, 4) is 5.75 Å². The Bertz CT molecular complexity index is 773.